The molecule has 1 aromatic carbocycles. The van der Waals surface area contributed by atoms with Gasteiger partial charge in [0.15, 0.2) is 0 Å². The molecule has 0 atom stereocenters. The van der Waals surface area contributed by atoms with Crippen LogP contribution in [0.2, 0.25) is 0 Å². The molecular formula is C26H28N8O2. The minimum absolute atomic E-state index is 0.297. The van der Waals surface area contributed by atoms with Crippen LogP contribution in [0, 0.1) is 5.92 Å². The Hall–Kier alpha value is -4.05. The van der Waals surface area contributed by atoms with E-state index >= 15 is 0 Å². The molecule has 0 bridgehead atoms. The highest BCUT2D eigenvalue weighted by molar-refractivity contribution is 5.83. The molecule has 0 unspecified atom stereocenters. The number of rotatable bonds is 7. The number of amides is 1. The molecule has 4 heterocycles. The van der Waals surface area contributed by atoms with E-state index in [1.54, 1.807) is 19.5 Å². The predicted octanol–water partition coefficient (Wildman–Crippen LogP) is 3.22. The van der Waals surface area contributed by atoms with Gasteiger partial charge in [0, 0.05) is 50.4 Å². The molecule has 1 saturated carbocycles. The second-order valence-corrected chi connectivity index (χ2v) is 9.31. The zero-order valence-corrected chi connectivity index (χ0v) is 20.1. The van der Waals surface area contributed by atoms with Crippen molar-refractivity contribution in [2.45, 2.75) is 19.4 Å². The van der Waals surface area contributed by atoms with Gasteiger partial charge in [0.25, 0.3) is 0 Å². The maximum Gasteiger partial charge on any atom is 0.232 e. The van der Waals surface area contributed by atoms with Gasteiger partial charge in [-0.15, -0.1) is 0 Å². The number of hydrogen-bond donors (Lipinski definition) is 2. The van der Waals surface area contributed by atoms with Crippen molar-refractivity contribution < 1.29 is 9.53 Å². The topological polar surface area (TPSA) is 112 Å². The molecule has 1 amide bonds. The van der Waals surface area contributed by atoms with Crippen LogP contribution in [0.3, 0.4) is 0 Å². The molecule has 10 nitrogen and oxygen atoms in total. The number of H-pyrrole nitrogens is 1. The van der Waals surface area contributed by atoms with Crippen LogP contribution in [0.5, 0.6) is 5.88 Å². The largest absolute Gasteiger partial charge is 0.480 e. The number of piperazine rings is 1. The van der Waals surface area contributed by atoms with Crippen LogP contribution in [0.1, 0.15) is 18.4 Å². The number of aromatic nitrogens is 5. The average molecular weight is 485 g/mol. The van der Waals surface area contributed by atoms with Crippen LogP contribution in [0.15, 0.2) is 48.9 Å². The maximum absolute atomic E-state index is 12.3. The van der Waals surface area contributed by atoms with E-state index in [9.17, 15) is 4.79 Å². The summed E-state index contributed by atoms with van der Waals surface area (Å²) in [5.74, 6) is 2.47. The van der Waals surface area contributed by atoms with E-state index in [0.29, 0.717) is 23.7 Å². The first-order valence-electron chi connectivity index (χ1n) is 12.2. The van der Waals surface area contributed by atoms with E-state index in [4.69, 9.17) is 4.74 Å². The van der Waals surface area contributed by atoms with E-state index in [1.165, 1.54) is 5.56 Å². The van der Waals surface area contributed by atoms with Crippen molar-refractivity contribution in [1.29, 1.82) is 0 Å². The number of carbonyl (C=O) groups excluding carboxylic acids is 1. The standard InChI is InChI=1S/C26H28N8O2/c1-36-24-15-27-14-22(29-24)19-4-5-20-21(13-19)31-26(30-20)32-23-12-17(6-7-28-23)16-33-8-10-34(11-9-33)25(35)18-2-3-18/h4-7,12-15,18H,2-3,8-11,16H2,1H3,(H2,28,30,31,32). The molecule has 184 valence electrons. The Balaban J connectivity index is 1.11. The number of pyridine rings is 1. The number of benzene rings is 1. The highest BCUT2D eigenvalue weighted by atomic mass is 16.5. The fourth-order valence-corrected chi connectivity index (χ4v) is 4.55. The first-order chi connectivity index (χ1) is 17.6. The molecule has 1 saturated heterocycles. The van der Waals surface area contributed by atoms with Gasteiger partial charge in [-0.3, -0.25) is 14.7 Å². The first kappa shape index (κ1) is 22.4. The third-order valence-corrected chi connectivity index (χ3v) is 6.69. The van der Waals surface area contributed by atoms with Gasteiger partial charge in [-0.25, -0.2) is 15.0 Å². The van der Waals surface area contributed by atoms with Gasteiger partial charge in [0.2, 0.25) is 17.7 Å². The highest BCUT2D eigenvalue weighted by Crippen LogP contribution is 2.31. The normalized spacial score (nSPS) is 16.3. The molecule has 1 aliphatic carbocycles. The zero-order valence-electron chi connectivity index (χ0n) is 20.1. The Kier molecular flexibility index (Phi) is 5.94. The van der Waals surface area contributed by atoms with Crippen molar-refractivity contribution in [3.05, 3.63) is 54.5 Å². The van der Waals surface area contributed by atoms with Crippen LogP contribution >= 0.6 is 0 Å². The Bertz CT molecular complexity index is 1390. The Morgan fingerprint density at radius 3 is 2.78 bits per heavy atom. The molecule has 2 aliphatic rings. The monoisotopic (exact) mass is 484 g/mol. The highest BCUT2D eigenvalue weighted by Gasteiger charge is 2.34. The van der Waals surface area contributed by atoms with Gasteiger partial charge < -0.3 is 19.9 Å². The number of nitrogens with one attached hydrogen (secondary N) is 2. The lowest BCUT2D eigenvalue weighted by molar-refractivity contribution is -0.134. The summed E-state index contributed by atoms with van der Waals surface area (Å²) in [6.45, 7) is 4.25. The zero-order chi connectivity index (χ0) is 24.5. The number of nitrogens with zero attached hydrogens (tertiary/aromatic N) is 6. The Morgan fingerprint density at radius 1 is 1.11 bits per heavy atom. The Labute approximate surface area is 208 Å². The van der Waals surface area contributed by atoms with Gasteiger partial charge in [-0.2, -0.15) is 0 Å². The first-order valence-corrected chi connectivity index (χ1v) is 12.2. The molecular weight excluding hydrogens is 456 g/mol. The summed E-state index contributed by atoms with van der Waals surface area (Å²) in [6.07, 6.45) is 7.23. The van der Waals surface area contributed by atoms with Gasteiger partial charge >= 0.3 is 0 Å². The van der Waals surface area contributed by atoms with Crippen LogP contribution < -0.4 is 10.1 Å². The minimum Gasteiger partial charge on any atom is -0.480 e. The van der Waals surface area contributed by atoms with Gasteiger partial charge in [-0.1, -0.05) is 6.07 Å². The lowest BCUT2D eigenvalue weighted by Crippen LogP contribution is -2.48. The van der Waals surface area contributed by atoms with Crippen LogP contribution in [0.4, 0.5) is 11.8 Å². The van der Waals surface area contributed by atoms with E-state index in [2.05, 4.69) is 35.1 Å². The third kappa shape index (κ3) is 4.85. The van der Waals surface area contributed by atoms with E-state index in [0.717, 1.165) is 73.7 Å². The van der Waals surface area contributed by atoms with Crippen molar-refractivity contribution in [3.8, 4) is 17.1 Å². The summed E-state index contributed by atoms with van der Waals surface area (Å²) in [5.41, 5.74) is 4.54. The lowest BCUT2D eigenvalue weighted by Gasteiger charge is -2.34. The number of imidazole rings is 1. The smallest absolute Gasteiger partial charge is 0.232 e. The SMILES string of the molecule is COc1cncc(-c2ccc3nc(Nc4cc(CN5CCN(C(=O)C6CC6)CC5)ccn4)[nH]c3c2)n1. The minimum atomic E-state index is 0.297. The van der Waals surface area contributed by atoms with Crippen molar-refractivity contribution in [1.82, 2.24) is 34.7 Å². The number of ether oxygens (including phenoxy) is 1. The van der Waals surface area contributed by atoms with Crippen molar-refractivity contribution in [2.24, 2.45) is 5.92 Å². The van der Waals surface area contributed by atoms with Crippen molar-refractivity contribution >= 4 is 28.7 Å². The summed E-state index contributed by atoms with van der Waals surface area (Å²) in [7, 11) is 1.57. The van der Waals surface area contributed by atoms with Gasteiger partial charge in [0.1, 0.15) is 5.82 Å². The third-order valence-electron chi connectivity index (χ3n) is 6.69. The molecule has 2 fully saturated rings. The molecule has 6 rings (SSSR count). The number of aromatic amines is 1. The van der Waals surface area contributed by atoms with Crippen LogP contribution in [-0.4, -0.2) is 73.9 Å². The Morgan fingerprint density at radius 2 is 1.97 bits per heavy atom. The molecule has 1 aliphatic heterocycles. The molecule has 0 spiro atoms. The van der Waals surface area contributed by atoms with E-state index in [1.807, 2.05) is 41.4 Å². The number of hydrogen-bond acceptors (Lipinski definition) is 8. The summed E-state index contributed by atoms with van der Waals surface area (Å²) in [4.78, 5) is 37.8. The number of anilines is 2. The predicted molar refractivity (Wildman–Crippen MR) is 136 cm³/mol. The summed E-state index contributed by atoms with van der Waals surface area (Å²) in [5, 5.41) is 3.29. The molecule has 0 radical (unpaired) electrons. The number of carbonyl (C=O) groups is 1. The van der Waals surface area contributed by atoms with Gasteiger partial charge in [0.05, 0.1) is 36.2 Å². The second-order valence-electron chi connectivity index (χ2n) is 9.31. The second kappa shape index (κ2) is 9.54. The maximum atomic E-state index is 12.3. The number of methoxy groups -OCH3 is 1. The van der Waals surface area contributed by atoms with Gasteiger partial charge in [-0.05, 0) is 42.7 Å². The van der Waals surface area contributed by atoms with Crippen LogP contribution in [0.25, 0.3) is 22.3 Å². The average Bonchev–Trinajstić information content (AvgIpc) is 3.68. The fraction of sp³-hybridized carbons (Fsp3) is 0.346. The molecule has 36 heavy (non-hydrogen) atoms. The van der Waals surface area contributed by atoms with Crippen molar-refractivity contribution in [2.75, 3.05) is 38.6 Å². The number of fused-ring (bicyclic) bond motifs is 1. The van der Waals surface area contributed by atoms with E-state index < -0.39 is 0 Å². The lowest BCUT2D eigenvalue weighted by atomic mass is 10.1. The van der Waals surface area contributed by atoms with E-state index in [-0.39, 0.29) is 0 Å². The van der Waals surface area contributed by atoms with Crippen molar-refractivity contribution in [3.63, 3.8) is 0 Å². The molecule has 3 aromatic heterocycles. The molecule has 4 aromatic rings. The summed E-state index contributed by atoms with van der Waals surface area (Å²) in [6, 6.07) is 9.99. The quantitative estimate of drug-likeness (QED) is 0.411. The summed E-state index contributed by atoms with van der Waals surface area (Å²) < 4.78 is 5.19. The molecule has 10 heteroatoms. The molecule has 2 N–H and O–H groups in total. The summed E-state index contributed by atoms with van der Waals surface area (Å²) >= 11 is 0. The van der Waals surface area contributed by atoms with Crippen LogP contribution in [-0.2, 0) is 11.3 Å². The fourth-order valence-electron chi connectivity index (χ4n) is 4.55.